The molecule has 15 heavy (non-hydrogen) atoms. The highest BCUT2D eigenvalue weighted by molar-refractivity contribution is 4.80. The molecule has 0 aliphatic carbocycles. The molecule has 0 saturated carbocycles. The van der Waals surface area contributed by atoms with Crippen LogP contribution in [0.25, 0.3) is 0 Å². The molecule has 0 aromatic carbocycles. The van der Waals surface area contributed by atoms with Gasteiger partial charge in [0, 0.05) is 19.2 Å². The Balaban J connectivity index is 1.99. The maximum atomic E-state index is 8.65. The van der Waals surface area contributed by atoms with Crippen LogP contribution in [0.4, 0.5) is 0 Å². The lowest BCUT2D eigenvalue weighted by atomic mass is 10.0. The van der Waals surface area contributed by atoms with Crippen LogP contribution in [0.1, 0.15) is 39.0 Å². The number of hydrogen-bond acceptors (Lipinski definition) is 3. The first-order valence-corrected chi connectivity index (χ1v) is 6.33. The second kappa shape index (κ2) is 7.20. The van der Waals surface area contributed by atoms with Crippen molar-refractivity contribution in [3.63, 3.8) is 0 Å². The van der Waals surface area contributed by atoms with Crippen LogP contribution in [-0.2, 0) is 0 Å². The summed E-state index contributed by atoms with van der Waals surface area (Å²) in [5, 5.41) is 8.65. The summed E-state index contributed by atoms with van der Waals surface area (Å²) in [7, 11) is 0. The topological polar surface area (TPSA) is 49.5 Å². The number of rotatable bonds is 7. The molecule has 3 N–H and O–H groups in total. The van der Waals surface area contributed by atoms with Crippen molar-refractivity contribution >= 4 is 0 Å². The van der Waals surface area contributed by atoms with Crippen molar-refractivity contribution in [3.8, 4) is 0 Å². The summed E-state index contributed by atoms with van der Waals surface area (Å²) in [4.78, 5) is 2.53. The standard InChI is InChI=1S/C12H26N2O/c1-11(13)12-6-8-14(10-12)7-4-2-3-5-9-15/h11-12,15H,2-10,13H2,1H3. The Morgan fingerprint density at radius 3 is 2.67 bits per heavy atom. The number of hydrogen-bond donors (Lipinski definition) is 2. The minimum absolute atomic E-state index is 0.344. The minimum atomic E-state index is 0.344. The van der Waals surface area contributed by atoms with Crippen LogP contribution in [0.15, 0.2) is 0 Å². The van der Waals surface area contributed by atoms with Crippen LogP contribution >= 0.6 is 0 Å². The fraction of sp³-hybridized carbons (Fsp3) is 1.00. The van der Waals surface area contributed by atoms with Gasteiger partial charge in [0.1, 0.15) is 0 Å². The van der Waals surface area contributed by atoms with Gasteiger partial charge in [0.15, 0.2) is 0 Å². The molecule has 1 fully saturated rings. The average Bonchev–Trinajstić information content (AvgIpc) is 2.66. The third kappa shape index (κ3) is 4.96. The van der Waals surface area contributed by atoms with Crippen LogP contribution in [-0.4, -0.2) is 42.3 Å². The highest BCUT2D eigenvalue weighted by atomic mass is 16.2. The molecule has 1 saturated heterocycles. The van der Waals surface area contributed by atoms with Crippen molar-refractivity contribution in [3.05, 3.63) is 0 Å². The molecule has 0 spiro atoms. The lowest BCUT2D eigenvalue weighted by Gasteiger charge is -2.17. The smallest absolute Gasteiger partial charge is 0.0431 e. The fourth-order valence-electron chi connectivity index (χ4n) is 2.30. The predicted molar refractivity (Wildman–Crippen MR) is 63.8 cm³/mol. The van der Waals surface area contributed by atoms with E-state index >= 15 is 0 Å². The Labute approximate surface area is 93.6 Å². The van der Waals surface area contributed by atoms with E-state index in [1.165, 1.54) is 45.3 Å². The summed E-state index contributed by atoms with van der Waals surface area (Å²) in [6.45, 7) is 6.10. The molecule has 1 heterocycles. The number of nitrogens with two attached hydrogens (primary N) is 1. The maximum absolute atomic E-state index is 8.65. The van der Waals surface area contributed by atoms with Gasteiger partial charge in [-0.15, -0.1) is 0 Å². The van der Waals surface area contributed by atoms with Crippen LogP contribution in [0.2, 0.25) is 0 Å². The van der Waals surface area contributed by atoms with Crippen molar-refractivity contribution in [2.24, 2.45) is 11.7 Å². The van der Waals surface area contributed by atoms with Gasteiger partial charge in [-0.25, -0.2) is 0 Å². The maximum Gasteiger partial charge on any atom is 0.0431 e. The van der Waals surface area contributed by atoms with Gasteiger partial charge in [0.25, 0.3) is 0 Å². The lowest BCUT2D eigenvalue weighted by molar-refractivity contribution is 0.276. The molecule has 0 radical (unpaired) electrons. The summed E-state index contributed by atoms with van der Waals surface area (Å²) in [6, 6.07) is 0.351. The van der Waals surface area contributed by atoms with E-state index in [1.807, 2.05) is 0 Å². The van der Waals surface area contributed by atoms with E-state index in [4.69, 9.17) is 10.8 Å². The number of nitrogens with zero attached hydrogens (tertiary/aromatic N) is 1. The molecule has 1 rings (SSSR count). The molecule has 0 amide bonds. The third-order valence-corrected chi connectivity index (χ3v) is 3.43. The molecule has 0 aromatic rings. The summed E-state index contributed by atoms with van der Waals surface area (Å²) in [5.74, 6) is 0.711. The number of likely N-dealkylation sites (tertiary alicyclic amines) is 1. The third-order valence-electron chi connectivity index (χ3n) is 3.43. The summed E-state index contributed by atoms with van der Waals surface area (Å²) in [5.41, 5.74) is 5.90. The zero-order valence-corrected chi connectivity index (χ0v) is 9.99. The van der Waals surface area contributed by atoms with Gasteiger partial charge >= 0.3 is 0 Å². The predicted octanol–water partition coefficient (Wildman–Crippen LogP) is 1.21. The molecule has 1 aliphatic heterocycles. The Morgan fingerprint density at radius 2 is 2.07 bits per heavy atom. The van der Waals surface area contributed by atoms with Gasteiger partial charge in [-0.3, -0.25) is 0 Å². The SMILES string of the molecule is CC(N)C1CCN(CCCCCCO)C1. The van der Waals surface area contributed by atoms with Crippen LogP contribution < -0.4 is 5.73 Å². The molecule has 0 bridgehead atoms. The number of aliphatic hydroxyl groups excluding tert-OH is 1. The Kier molecular flexibility index (Phi) is 6.22. The van der Waals surface area contributed by atoms with E-state index in [0.29, 0.717) is 18.6 Å². The number of aliphatic hydroxyl groups is 1. The largest absolute Gasteiger partial charge is 0.396 e. The molecular weight excluding hydrogens is 188 g/mol. The van der Waals surface area contributed by atoms with E-state index in [9.17, 15) is 0 Å². The van der Waals surface area contributed by atoms with Gasteiger partial charge in [-0.05, 0) is 45.2 Å². The summed E-state index contributed by atoms with van der Waals surface area (Å²) < 4.78 is 0. The minimum Gasteiger partial charge on any atom is -0.396 e. The van der Waals surface area contributed by atoms with Gasteiger partial charge in [0.05, 0.1) is 0 Å². The summed E-state index contributed by atoms with van der Waals surface area (Å²) >= 11 is 0. The van der Waals surface area contributed by atoms with E-state index in [0.717, 1.165) is 6.42 Å². The highest BCUT2D eigenvalue weighted by Crippen LogP contribution is 2.18. The zero-order valence-electron chi connectivity index (χ0n) is 9.99. The van der Waals surface area contributed by atoms with Gasteiger partial charge < -0.3 is 15.7 Å². The lowest BCUT2D eigenvalue weighted by Crippen LogP contribution is -2.30. The fourth-order valence-corrected chi connectivity index (χ4v) is 2.30. The van der Waals surface area contributed by atoms with E-state index in [-0.39, 0.29) is 0 Å². The van der Waals surface area contributed by atoms with E-state index < -0.39 is 0 Å². The monoisotopic (exact) mass is 214 g/mol. The average molecular weight is 214 g/mol. The van der Waals surface area contributed by atoms with E-state index in [2.05, 4.69) is 11.8 Å². The highest BCUT2D eigenvalue weighted by Gasteiger charge is 2.24. The van der Waals surface area contributed by atoms with Crippen molar-refractivity contribution < 1.29 is 5.11 Å². The van der Waals surface area contributed by atoms with Crippen molar-refractivity contribution in [2.45, 2.75) is 45.1 Å². The molecule has 2 atom stereocenters. The van der Waals surface area contributed by atoms with E-state index in [1.54, 1.807) is 0 Å². The Morgan fingerprint density at radius 1 is 1.33 bits per heavy atom. The van der Waals surface area contributed by atoms with Crippen LogP contribution in [0, 0.1) is 5.92 Å². The molecule has 3 nitrogen and oxygen atoms in total. The normalized spacial score (nSPS) is 24.6. The van der Waals surface area contributed by atoms with Crippen molar-refractivity contribution in [1.29, 1.82) is 0 Å². The van der Waals surface area contributed by atoms with Crippen molar-refractivity contribution in [1.82, 2.24) is 4.90 Å². The first-order chi connectivity index (χ1) is 7.24. The van der Waals surface area contributed by atoms with Crippen molar-refractivity contribution in [2.75, 3.05) is 26.2 Å². The molecule has 0 aromatic heterocycles. The zero-order chi connectivity index (χ0) is 11.1. The molecular formula is C12H26N2O. The Hall–Kier alpha value is -0.120. The first-order valence-electron chi connectivity index (χ1n) is 6.33. The Bertz CT molecular complexity index is 162. The number of unbranched alkanes of at least 4 members (excludes halogenated alkanes) is 3. The van der Waals surface area contributed by atoms with Gasteiger partial charge in [-0.2, -0.15) is 0 Å². The molecule has 90 valence electrons. The molecule has 3 heteroatoms. The van der Waals surface area contributed by atoms with Crippen LogP contribution in [0.5, 0.6) is 0 Å². The molecule has 1 aliphatic rings. The van der Waals surface area contributed by atoms with Gasteiger partial charge in [-0.1, -0.05) is 12.8 Å². The summed E-state index contributed by atoms with van der Waals surface area (Å²) in [6.07, 6.45) is 5.92. The molecule has 2 unspecified atom stereocenters. The first kappa shape index (κ1) is 12.9. The van der Waals surface area contributed by atoms with Gasteiger partial charge in [0.2, 0.25) is 0 Å². The quantitative estimate of drug-likeness (QED) is 0.626. The second-order valence-electron chi connectivity index (χ2n) is 4.85. The van der Waals surface area contributed by atoms with Crippen LogP contribution in [0.3, 0.4) is 0 Å². The second-order valence-corrected chi connectivity index (χ2v) is 4.85.